The number of piperidine rings is 1. The van der Waals surface area contributed by atoms with E-state index in [1.165, 1.54) is 5.56 Å². The van der Waals surface area contributed by atoms with E-state index in [0.29, 0.717) is 32.4 Å². The van der Waals surface area contributed by atoms with Crippen LogP contribution in [0.4, 0.5) is 4.79 Å². The molecule has 3 aromatic rings. The molecule has 0 radical (unpaired) electrons. The van der Waals surface area contributed by atoms with E-state index < -0.39 is 23.6 Å². The average Bonchev–Trinajstić information content (AvgIpc) is 3.30. The Hall–Kier alpha value is -4.17. The maximum Gasteiger partial charge on any atom is 0.408 e. The number of carboxylic acid groups (broad SMARTS) is 1. The normalized spacial score (nSPS) is 16.7. The van der Waals surface area contributed by atoms with Crippen LogP contribution in [0.2, 0.25) is 0 Å². The fourth-order valence-corrected chi connectivity index (χ4v) is 6.00. The van der Waals surface area contributed by atoms with Gasteiger partial charge in [0.05, 0.1) is 6.42 Å². The summed E-state index contributed by atoms with van der Waals surface area (Å²) in [6, 6.07) is 25.9. The lowest BCUT2D eigenvalue weighted by molar-refractivity contribution is -0.138. The van der Waals surface area contributed by atoms with Crippen molar-refractivity contribution in [1.29, 1.82) is 0 Å². The van der Waals surface area contributed by atoms with E-state index in [4.69, 9.17) is 4.74 Å². The zero-order valence-corrected chi connectivity index (χ0v) is 23.3. The highest BCUT2D eigenvalue weighted by atomic mass is 16.5. The van der Waals surface area contributed by atoms with Gasteiger partial charge < -0.3 is 20.5 Å². The number of nitrogens with zero attached hydrogens (tertiary/aromatic N) is 1. The second kappa shape index (κ2) is 12.6. The molecule has 1 fully saturated rings. The van der Waals surface area contributed by atoms with Gasteiger partial charge in [0.25, 0.3) is 0 Å². The number of alkyl carbamates (subject to hydrolysis) is 1. The molecule has 8 nitrogen and oxygen atoms in total. The van der Waals surface area contributed by atoms with Gasteiger partial charge in [-0.1, -0.05) is 85.8 Å². The topological polar surface area (TPSA) is 108 Å². The lowest BCUT2D eigenvalue weighted by Gasteiger charge is -2.41. The van der Waals surface area contributed by atoms with Gasteiger partial charge in [-0.2, -0.15) is 0 Å². The second-order valence-electron chi connectivity index (χ2n) is 11.0. The number of likely N-dealkylation sites (tertiary alicyclic amines) is 1. The molecule has 3 aromatic carbocycles. The molecule has 1 heterocycles. The molecular weight excluding hydrogens is 518 g/mol. The minimum absolute atomic E-state index is 0.0920. The third-order valence-electron chi connectivity index (χ3n) is 8.33. The highest BCUT2D eigenvalue weighted by Gasteiger charge is 2.44. The molecule has 0 spiro atoms. The summed E-state index contributed by atoms with van der Waals surface area (Å²) in [6.45, 7) is 3.93. The van der Waals surface area contributed by atoms with Crippen LogP contribution in [0.15, 0.2) is 78.9 Å². The van der Waals surface area contributed by atoms with E-state index in [1.54, 1.807) is 0 Å². The molecule has 1 aliphatic carbocycles. The van der Waals surface area contributed by atoms with Crippen molar-refractivity contribution in [3.63, 3.8) is 0 Å². The van der Waals surface area contributed by atoms with Gasteiger partial charge >= 0.3 is 12.1 Å². The van der Waals surface area contributed by atoms with Crippen LogP contribution in [-0.2, 0) is 20.9 Å². The first-order chi connectivity index (χ1) is 19.9. The summed E-state index contributed by atoms with van der Waals surface area (Å²) >= 11 is 0. The fraction of sp³-hybridized carbons (Fsp3) is 0.364. The van der Waals surface area contributed by atoms with Crippen LogP contribution in [0.1, 0.15) is 55.2 Å². The van der Waals surface area contributed by atoms with Crippen LogP contribution >= 0.6 is 0 Å². The number of aliphatic carboxylic acids is 1. The van der Waals surface area contributed by atoms with E-state index >= 15 is 0 Å². The lowest BCUT2D eigenvalue weighted by Crippen LogP contribution is -2.64. The number of carbonyl (C=O) groups is 3. The maximum absolute atomic E-state index is 13.7. The Kier molecular flexibility index (Phi) is 8.69. The third-order valence-corrected chi connectivity index (χ3v) is 8.33. The van der Waals surface area contributed by atoms with Gasteiger partial charge in [-0.15, -0.1) is 0 Å². The van der Waals surface area contributed by atoms with Crippen molar-refractivity contribution < 1.29 is 24.2 Å². The number of rotatable bonds is 10. The lowest BCUT2D eigenvalue weighted by atomic mass is 9.85. The molecule has 1 aliphatic heterocycles. The quantitative estimate of drug-likeness (QED) is 0.328. The number of carboxylic acids is 1. The zero-order valence-electron chi connectivity index (χ0n) is 23.3. The third kappa shape index (κ3) is 6.43. The van der Waals surface area contributed by atoms with E-state index in [0.717, 1.165) is 28.8 Å². The Morgan fingerprint density at radius 2 is 1.51 bits per heavy atom. The Morgan fingerprint density at radius 3 is 2.10 bits per heavy atom. The monoisotopic (exact) mass is 555 g/mol. The Labute approximate surface area is 240 Å². The number of amides is 2. The molecule has 1 atom stereocenters. The molecule has 0 saturated carbocycles. The minimum Gasteiger partial charge on any atom is -0.481 e. The second-order valence-corrected chi connectivity index (χ2v) is 11.0. The molecule has 2 aliphatic rings. The summed E-state index contributed by atoms with van der Waals surface area (Å²) in [6.07, 6.45) is 0.422. The molecule has 41 heavy (non-hydrogen) atoms. The van der Waals surface area contributed by atoms with E-state index in [-0.39, 0.29) is 24.9 Å². The molecule has 8 heteroatoms. The van der Waals surface area contributed by atoms with Crippen molar-refractivity contribution >= 4 is 18.0 Å². The largest absolute Gasteiger partial charge is 0.481 e. The fourth-order valence-electron chi connectivity index (χ4n) is 6.00. The Bertz CT molecular complexity index is 1340. The van der Waals surface area contributed by atoms with Crippen molar-refractivity contribution in [2.24, 2.45) is 0 Å². The minimum atomic E-state index is -1.19. The van der Waals surface area contributed by atoms with Crippen molar-refractivity contribution in [3.8, 4) is 11.1 Å². The van der Waals surface area contributed by atoms with Gasteiger partial charge in [-0.25, -0.2) is 4.79 Å². The number of hydrogen-bond donors (Lipinski definition) is 3. The van der Waals surface area contributed by atoms with E-state index in [2.05, 4.69) is 51.9 Å². The number of carbonyl (C=O) groups excluding carboxylic acids is 2. The molecule has 0 aromatic heterocycles. The average molecular weight is 556 g/mol. The first-order valence-corrected chi connectivity index (χ1v) is 14.3. The number of hydrogen-bond acceptors (Lipinski definition) is 5. The van der Waals surface area contributed by atoms with Gasteiger partial charge in [-0.05, 0) is 47.1 Å². The molecule has 0 bridgehead atoms. The molecule has 5 rings (SSSR count). The molecular formula is C33H37N3O5. The number of benzene rings is 3. The molecule has 214 valence electrons. The first kappa shape index (κ1) is 28.4. The van der Waals surface area contributed by atoms with Crippen LogP contribution in [0.25, 0.3) is 11.1 Å². The molecule has 2 amide bonds. The van der Waals surface area contributed by atoms with Crippen molar-refractivity contribution in [2.45, 2.75) is 56.7 Å². The van der Waals surface area contributed by atoms with Crippen molar-refractivity contribution in [3.05, 3.63) is 95.6 Å². The number of fused-ring (bicyclic) bond motifs is 3. The predicted octanol–water partition coefficient (Wildman–Crippen LogP) is 4.93. The van der Waals surface area contributed by atoms with Gasteiger partial charge in [0, 0.05) is 31.6 Å². The van der Waals surface area contributed by atoms with Crippen LogP contribution < -0.4 is 10.6 Å². The SMILES string of the molecule is CC[C@H](CC(=O)O)NC(=O)C1(NC(=O)OCC2c3ccccc3-c3ccccc32)CCN(Cc2ccccc2)CC1. The summed E-state index contributed by atoms with van der Waals surface area (Å²) in [5.41, 5.74) is 4.50. The highest BCUT2D eigenvalue weighted by molar-refractivity contribution is 5.90. The molecule has 0 unspecified atom stereocenters. The van der Waals surface area contributed by atoms with Crippen molar-refractivity contribution in [2.75, 3.05) is 19.7 Å². The molecule has 3 N–H and O–H groups in total. The Balaban J connectivity index is 1.28. The maximum atomic E-state index is 13.7. The zero-order chi connectivity index (χ0) is 28.8. The van der Waals surface area contributed by atoms with Gasteiger partial charge in [0.2, 0.25) is 5.91 Å². The van der Waals surface area contributed by atoms with Gasteiger partial charge in [-0.3, -0.25) is 14.5 Å². The smallest absolute Gasteiger partial charge is 0.408 e. The summed E-state index contributed by atoms with van der Waals surface area (Å²) in [5, 5.41) is 15.1. The first-order valence-electron chi connectivity index (χ1n) is 14.3. The van der Waals surface area contributed by atoms with Crippen LogP contribution in [0.5, 0.6) is 0 Å². The van der Waals surface area contributed by atoms with Crippen LogP contribution in [0.3, 0.4) is 0 Å². The van der Waals surface area contributed by atoms with Crippen LogP contribution in [-0.4, -0.2) is 59.3 Å². The summed E-state index contributed by atoms with van der Waals surface area (Å²) in [4.78, 5) is 40.6. The summed E-state index contributed by atoms with van der Waals surface area (Å²) < 4.78 is 5.80. The summed E-state index contributed by atoms with van der Waals surface area (Å²) in [7, 11) is 0. The van der Waals surface area contributed by atoms with Gasteiger partial charge in [0.1, 0.15) is 12.1 Å². The molecule has 1 saturated heterocycles. The number of ether oxygens (including phenoxy) is 1. The highest BCUT2D eigenvalue weighted by Crippen LogP contribution is 2.44. The van der Waals surface area contributed by atoms with Gasteiger partial charge in [0.15, 0.2) is 0 Å². The van der Waals surface area contributed by atoms with E-state index in [9.17, 15) is 19.5 Å². The van der Waals surface area contributed by atoms with Crippen LogP contribution in [0, 0.1) is 0 Å². The standard InChI is InChI=1S/C33H37N3O5/c1-2-24(20-30(37)38)34-31(39)33(16-18-36(19-17-33)21-23-10-4-3-5-11-23)35-32(40)41-22-29-27-14-8-6-12-25(27)26-13-7-9-15-28(26)29/h3-15,24,29H,2,16-22H2,1H3,(H,34,39)(H,35,40)(H,37,38)/t24-/m1/s1. The van der Waals surface area contributed by atoms with Crippen molar-refractivity contribution in [1.82, 2.24) is 15.5 Å². The summed E-state index contributed by atoms with van der Waals surface area (Å²) in [5.74, 6) is -1.43. The number of nitrogens with one attached hydrogen (secondary N) is 2. The van der Waals surface area contributed by atoms with E-state index in [1.807, 2.05) is 49.4 Å². The Morgan fingerprint density at radius 1 is 0.927 bits per heavy atom. The predicted molar refractivity (Wildman–Crippen MR) is 156 cm³/mol.